The molecule has 0 spiro atoms. The number of rotatable bonds is 3. The fraction of sp³-hybridized carbons (Fsp3) is 0. The van der Waals surface area contributed by atoms with E-state index < -0.39 is 5.97 Å². The number of guanidine groups is 1. The maximum Gasteiger partial charge on any atom is 0.343 e. The summed E-state index contributed by atoms with van der Waals surface area (Å²) in [6.07, 6.45) is 0. The lowest BCUT2D eigenvalue weighted by Gasteiger charge is -2.04. The average molecular weight is 255 g/mol. The summed E-state index contributed by atoms with van der Waals surface area (Å²) in [5, 5.41) is 0. The normalized spacial score (nSPS) is 9.68. The van der Waals surface area contributed by atoms with Gasteiger partial charge in [-0.15, -0.1) is 0 Å². The van der Waals surface area contributed by atoms with Gasteiger partial charge in [-0.2, -0.15) is 0 Å². The Kier molecular flexibility index (Phi) is 3.78. The van der Waals surface area contributed by atoms with Crippen molar-refractivity contribution in [2.45, 2.75) is 0 Å². The van der Waals surface area contributed by atoms with Gasteiger partial charge in [0, 0.05) is 0 Å². The van der Waals surface area contributed by atoms with Crippen LogP contribution >= 0.6 is 0 Å². The first-order chi connectivity index (χ1) is 9.15. The summed E-state index contributed by atoms with van der Waals surface area (Å²) in [6.45, 7) is 0. The zero-order chi connectivity index (χ0) is 13.7. The molecule has 5 nitrogen and oxygen atoms in total. The van der Waals surface area contributed by atoms with Crippen LogP contribution in [0.5, 0.6) is 5.75 Å². The second-order valence-corrected chi connectivity index (χ2v) is 3.79. The Morgan fingerprint density at radius 2 is 1.58 bits per heavy atom. The molecule has 0 aliphatic heterocycles. The van der Waals surface area contributed by atoms with Gasteiger partial charge in [0.1, 0.15) is 5.75 Å². The van der Waals surface area contributed by atoms with Gasteiger partial charge in [0.2, 0.25) is 0 Å². The highest BCUT2D eigenvalue weighted by molar-refractivity contribution is 5.91. The van der Waals surface area contributed by atoms with Gasteiger partial charge in [-0.1, -0.05) is 18.2 Å². The molecular formula is C14H13N3O2. The molecule has 2 aromatic carbocycles. The summed E-state index contributed by atoms with van der Waals surface area (Å²) in [6, 6.07) is 15.3. The topological polar surface area (TPSA) is 90.7 Å². The van der Waals surface area contributed by atoms with Crippen LogP contribution in [0, 0.1) is 0 Å². The van der Waals surface area contributed by atoms with Crippen LogP contribution in [-0.4, -0.2) is 11.9 Å². The number of carbonyl (C=O) groups is 1. The van der Waals surface area contributed by atoms with Gasteiger partial charge in [0.25, 0.3) is 0 Å². The molecule has 0 saturated carbocycles. The minimum Gasteiger partial charge on any atom is -0.423 e. The van der Waals surface area contributed by atoms with Crippen molar-refractivity contribution in [1.82, 2.24) is 0 Å². The van der Waals surface area contributed by atoms with Crippen molar-refractivity contribution >= 4 is 17.6 Å². The molecule has 0 atom stereocenters. The molecule has 0 aliphatic rings. The second-order valence-electron chi connectivity index (χ2n) is 3.79. The monoisotopic (exact) mass is 255 g/mol. The van der Waals surface area contributed by atoms with Crippen molar-refractivity contribution in [3.8, 4) is 5.75 Å². The van der Waals surface area contributed by atoms with Crippen LogP contribution in [0.1, 0.15) is 10.4 Å². The molecule has 4 N–H and O–H groups in total. The number of esters is 1. The van der Waals surface area contributed by atoms with Gasteiger partial charge < -0.3 is 16.2 Å². The van der Waals surface area contributed by atoms with E-state index in [0.29, 0.717) is 17.0 Å². The van der Waals surface area contributed by atoms with Crippen molar-refractivity contribution in [3.05, 3.63) is 60.2 Å². The molecule has 0 bridgehead atoms. The Morgan fingerprint density at radius 1 is 0.947 bits per heavy atom. The van der Waals surface area contributed by atoms with E-state index in [1.54, 1.807) is 48.5 Å². The molecular weight excluding hydrogens is 242 g/mol. The second kappa shape index (κ2) is 5.68. The molecule has 0 heterocycles. The number of hydrogen-bond acceptors (Lipinski definition) is 3. The molecule has 5 heteroatoms. The van der Waals surface area contributed by atoms with Crippen LogP contribution in [0.15, 0.2) is 59.6 Å². The summed E-state index contributed by atoms with van der Waals surface area (Å²) in [5.74, 6) is 0.00705. The molecule has 0 aliphatic carbocycles. The maximum absolute atomic E-state index is 11.8. The quantitative estimate of drug-likeness (QED) is 0.379. The number of benzene rings is 2. The van der Waals surface area contributed by atoms with Crippen molar-refractivity contribution in [1.29, 1.82) is 0 Å². The van der Waals surface area contributed by atoms with Crippen LogP contribution in [0.3, 0.4) is 0 Å². The lowest BCUT2D eigenvalue weighted by Crippen LogP contribution is -2.21. The van der Waals surface area contributed by atoms with E-state index in [4.69, 9.17) is 16.2 Å². The van der Waals surface area contributed by atoms with E-state index in [2.05, 4.69) is 4.99 Å². The van der Waals surface area contributed by atoms with Gasteiger partial charge in [-0.05, 0) is 36.4 Å². The Morgan fingerprint density at radius 3 is 2.16 bits per heavy atom. The van der Waals surface area contributed by atoms with Gasteiger partial charge in [0.05, 0.1) is 11.3 Å². The highest BCUT2D eigenvalue weighted by atomic mass is 16.5. The number of aliphatic imine (C=N–C) groups is 1. The third-order valence-electron chi connectivity index (χ3n) is 2.31. The standard InChI is InChI=1S/C14H13N3O2/c15-14(16)17-11-6-8-12(9-7-11)19-13(18)10-4-2-1-3-5-10/h1-9H,(H4,15,16,17). The Balaban J connectivity index is 2.08. The van der Waals surface area contributed by atoms with Gasteiger partial charge in [-0.25, -0.2) is 9.79 Å². The molecule has 19 heavy (non-hydrogen) atoms. The summed E-state index contributed by atoms with van der Waals surface area (Å²) in [5.41, 5.74) is 11.6. The van der Waals surface area contributed by atoms with Crippen molar-refractivity contribution in [2.75, 3.05) is 0 Å². The van der Waals surface area contributed by atoms with Crippen molar-refractivity contribution in [2.24, 2.45) is 16.5 Å². The van der Waals surface area contributed by atoms with E-state index in [0.717, 1.165) is 0 Å². The first kappa shape index (κ1) is 12.6. The first-order valence-electron chi connectivity index (χ1n) is 5.62. The Labute approximate surface area is 110 Å². The van der Waals surface area contributed by atoms with E-state index in [9.17, 15) is 4.79 Å². The lowest BCUT2D eigenvalue weighted by molar-refractivity contribution is 0.0735. The highest BCUT2D eigenvalue weighted by Gasteiger charge is 2.07. The Bertz CT molecular complexity index is 588. The van der Waals surface area contributed by atoms with E-state index in [1.807, 2.05) is 6.07 Å². The molecule has 96 valence electrons. The molecule has 2 rings (SSSR count). The number of nitrogens with two attached hydrogens (primary N) is 2. The van der Waals surface area contributed by atoms with E-state index in [1.165, 1.54) is 0 Å². The largest absolute Gasteiger partial charge is 0.423 e. The Hall–Kier alpha value is -2.82. The third kappa shape index (κ3) is 3.57. The summed E-state index contributed by atoms with van der Waals surface area (Å²) < 4.78 is 5.21. The molecule has 0 aromatic heterocycles. The number of hydrogen-bond donors (Lipinski definition) is 2. The fourth-order valence-corrected chi connectivity index (χ4v) is 1.48. The molecule has 0 unspecified atom stereocenters. The zero-order valence-corrected chi connectivity index (χ0v) is 10.1. The van der Waals surface area contributed by atoms with E-state index >= 15 is 0 Å². The minimum absolute atomic E-state index is 0.0194. The molecule has 0 radical (unpaired) electrons. The van der Waals surface area contributed by atoms with Gasteiger partial charge in [-0.3, -0.25) is 0 Å². The smallest absolute Gasteiger partial charge is 0.343 e. The predicted molar refractivity (Wildman–Crippen MR) is 73.3 cm³/mol. The van der Waals surface area contributed by atoms with Gasteiger partial charge >= 0.3 is 5.97 Å². The van der Waals surface area contributed by atoms with Crippen LogP contribution < -0.4 is 16.2 Å². The maximum atomic E-state index is 11.8. The van der Waals surface area contributed by atoms with Crippen molar-refractivity contribution < 1.29 is 9.53 Å². The molecule has 0 amide bonds. The zero-order valence-electron chi connectivity index (χ0n) is 10.1. The molecule has 0 fully saturated rings. The molecule has 0 saturated heterocycles. The average Bonchev–Trinajstić information content (AvgIpc) is 2.41. The lowest BCUT2D eigenvalue weighted by atomic mass is 10.2. The minimum atomic E-state index is -0.407. The third-order valence-corrected chi connectivity index (χ3v) is 2.31. The number of carbonyl (C=O) groups excluding carboxylic acids is 1. The number of nitrogens with zero attached hydrogens (tertiary/aromatic N) is 1. The van der Waals surface area contributed by atoms with Crippen LogP contribution in [0.4, 0.5) is 5.69 Å². The summed E-state index contributed by atoms with van der Waals surface area (Å²) in [7, 11) is 0. The van der Waals surface area contributed by atoms with Crippen LogP contribution in [-0.2, 0) is 0 Å². The predicted octanol–water partition coefficient (Wildman–Crippen LogP) is 1.81. The molecule has 2 aromatic rings. The van der Waals surface area contributed by atoms with Crippen LogP contribution in [0.2, 0.25) is 0 Å². The van der Waals surface area contributed by atoms with Crippen LogP contribution in [0.25, 0.3) is 0 Å². The fourth-order valence-electron chi connectivity index (χ4n) is 1.48. The SMILES string of the molecule is NC(N)=Nc1ccc(OC(=O)c2ccccc2)cc1. The highest BCUT2D eigenvalue weighted by Crippen LogP contribution is 2.18. The summed E-state index contributed by atoms with van der Waals surface area (Å²) >= 11 is 0. The van der Waals surface area contributed by atoms with E-state index in [-0.39, 0.29) is 5.96 Å². The first-order valence-corrected chi connectivity index (χ1v) is 5.62. The summed E-state index contributed by atoms with van der Waals surface area (Å²) in [4.78, 5) is 15.7. The van der Waals surface area contributed by atoms with Gasteiger partial charge in [0.15, 0.2) is 5.96 Å². The number of ether oxygens (including phenoxy) is 1. The van der Waals surface area contributed by atoms with Crippen molar-refractivity contribution in [3.63, 3.8) is 0 Å².